The molecule has 1 fully saturated rings. The molecule has 1 amide bonds. The summed E-state index contributed by atoms with van der Waals surface area (Å²) in [7, 11) is 1.41. The molecular weight excluding hydrogens is 345 g/mol. The van der Waals surface area contributed by atoms with Crippen LogP contribution >= 0.6 is 0 Å². The van der Waals surface area contributed by atoms with Gasteiger partial charge in [-0.15, -0.1) is 0 Å². The first-order valence-corrected chi connectivity index (χ1v) is 9.67. The van der Waals surface area contributed by atoms with Gasteiger partial charge in [-0.25, -0.2) is 9.37 Å². The summed E-state index contributed by atoms with van der Waals surface area (Å²) in [6, 6.07) is 4.39. The van der Waals surface area contributed by atoms with Gasteiger partial charge in [0.05, 0.1) is 7.11 Å². The Hall–Kier alpha value is -2.37. The number of nitrogens with zero attached hydrogens (tertiary/aromatic N) is 3. The zero-order valence-electron chi connectivity index (χ0n) is 16.4. The lowest BCUT2D eigenvalue weighted by Crippen LogP contribution is -2.39. The Morgan fingerprint density at radius 2 is 2.07 bits per heavy atom. The van der Waals surface area contributed by atoms with Gasteiger partial charge < -0.3 is 14.2 Å². The Morgan fingerprint density at radius 1 is 1.33 bits per heavy atom. The van der Waals surface area contributed by atoms with Gasteiger partial charge in [0.15, 0.2) is 11.6 Å². The lowest BCUT2D eigenvalue weighted by Gasteiger charge is -2.32. The van der Waals surface area contributed by atoms with Gasteiger partial charge in [-0.05, 0) is 50.3 Å². The first-order valence-electron chi connectivity index (χ1n) is 9.67. The summed E-state index contributed by atoms with van der Waals surface area (Å²) in [6.07, 6.45) is 5.88. The van der Waals surface area contributed by atoms with E-state index in [0.29, 0.717) is 24.6 Å². The minimum Gasteiger partial charge on any atom is -0.494 e. The van der Waals surface area contributed by atoms with Crippen molar-refractivity contribution in [2.75, 3.05) is 20.2 Å². The number of amides is 1. The molecule has 3 rings (SSSR count). The van der Waals surface area contributed by atoms with E-state index in [-0.39, 0.29) is 11.7 Å². The highest BCUT2D eigenvalue weighted by molar-refractivity contribution is 5.94. The van der Waals surface area contributed by atoms with Gasteiger partial charge in [0.25, 0.3) is 5.91 Å². The molecule has 27 heavy (non-hydrogen) atoms. The number of rotatable bonds is 6. The predicted octanol–water partition coefficient (Wildman–Crippen LogP) is 3.84. The van der Waals surface area contributed by atoms with E-state index in [1.807, 2.05) is 11.1 Å². The molecule has 0 radical (unpaired) electrons. The van der Waals surface area contributed by atoms with Crippen molar-refractivity contribution < 1.29 is 13.9 Å². The molecule has 0 bridgehead atoms. The van der Waals surface area contributed by atoms with Crippen LogP contribution in [-0.4, -0.2) is 40.6 Å². The fraction of sp³-hybridized carbons (Fsp3) is 0.524. The largest absolute Gasteiger partial charge is 0.494 e. The molecule has 1 aromatic carbocycles. The molecule has 2 aromatic rings. The molecule has 1 aliphatic heterocycles. The van der Waals surface area contributed by atoms with E-state index in [4.69, 9.17) is 4.74 Å². The Morgan fingerprint density at radius 3 is 2.70 bits per heavy atom. The highest BCUT2D eigenvalue weighted by atomic mass is 19.1. The van der Waals surface area contributed by atoms with Crippen LogP contribution < -0.4 is 4.74 Å². The number of likely N-dealkylation sites (tertiary alicyclic amines) is 1. The third-order valence-corrected chi connectivity index (χ3v) is 5.36. The van der Waals surface area contributed by atoms with Gasteiger partial charge >= 0.3 is 0 Å². The molecule has 0 spiro atoms. The molecule has 0 atom stereocenters. The smallest absolute Gasteiger partial charge is 0.253 e. The molecule has 146 valence electrons. The first-order chi connectivity index (χ1) is 13.0. The average Bonchev–Trinajstić information content (AvgIpc) is 3.02. The van der Waals surface area contributed by atoms with E-state index in [1.165, 1.54) is 24.9 Å². The van der Waals surface area contributed by atoms with Crippen LogP contribution in [0.2, 0.25) is 0 Å². The fourth-order valence-corrected chi connectivity index (χ4v) is 3.78. The Labute approximate surface area is 160 Å². The predicted molar refractivity (Wildman–Crippen MR) is 103 cm³/mol. The third-order valence-electron chi connectivity index (χ3n) is 5.36. The summed E-state index contributed by atoms with van der Waals surface area (Å²) >= 11 is 0. The van der Waals surface area contributed by atoms with Crippen LogP contribution in [0.5, 0.6) is 5.75 Å². The third kappa shape index (κ3) is 4.31. The number of piperidine rings is 1. The average molecular weight is 373 g/mol. The van der Waals surface area contributed by atoms with Gasteiger partial charge in [0, 0.05) is 43.5 Å². The highest BCUT2D eigenvalue weighted by Crippen LogP contribution is 2.24. The maximum absolute atomic E-state index is 13.9. The van der Waals surface area contributed by atoms with E-state index in [1.54, 1.807) is 6.07 Å². The van der Waals surface area contributed by atoms with E-state index < -0.39 is 5.82 Å². The van der Waals surface area contributed by atoms with E-state index in [2.05, 4.69) is 23.4 Å². The summed E-state index contributed by atoms with van der Waals surface area (Å²) in [6.45, 7) is 6.67. The standard InChI is InChI=1S/C21H28FN3O2/c1-4-9-25-15(2)14-23-20(25)12-16-7-10-24(11-8-16)21(26)17-5-6-19(27-3)18(22)13-17/h5-6,13-14,16H,4,7-12H2,1-3H3. The molecule has 0 N–H and O–H groups in total. The minimum absolute atomic E-state index is 0.113. The minimum atomic E-state index is -0.503. The van der Waals surface area contributed by atoms with Crippen molar-refractivity contribution in [1.82, 2.24) is 14.5 Å². The van der Waals surface area contributed by atoms with Crippen molar-refractivity contribution in [2.45, 2.75) is 46.1 Å². The van der Waals surface area contributed by atoms with Crippen molar-refractivity contribution in [1.29, 1.82) is 0 Å². The van der Waals surface area contributed by atoms with Gasteiger partial charge in [-0.3, -0.25) is 4.79 Å². The molecule has 6 heteroatoms. The number of imidazole rings is 1. The van der Waals surface area contributed by atoms with Crippen LogP contribution in [0.25, 0.3) is 0 Å². The molecular formula is C21H28FN3O2. The van der Waals surface area contributed by atoms with Crippen molar-refractivity contribution in [3.05, 3.63) is 47.3 Å². The summed E-state index contributed by atoms with van der Waals surface area (Å²) < 4.78 is 21.1. The van der Waals surface area contributed by atoms with Crippen LogP contribution in [0, 0.1) is 18.7 Å². The number of methoxy groups -OCH3 is 1. The maximum Gasteiger partial charge on any atom is 0.253 e. The maximum atomic E-state index is 13.9. The zero-order chi connectivity index (χ0) is 19.4. The molecule has 0 unspecified atom stereocenters. The number of carbonyl (C=O) groups is 1. The summed E-state index contributed by atoms with van der Waals surface area (Å²) in [5, 5.41) is 0. The first kappa shape index (κ1) is 19.4. The second-order valence-electron chi connectivity index (χ2n) is 7.26. The fourth-order valence-electron chi connectivity index (χ4n) is 3.78. The van der Waals surface area contributed by atoms with Crippen LogP contribution in [-0.2, 0) is 13.0 Å². The monoisotopic (exact) mass is 373 g/mol. The van der Waals surface area contributed by atoms with Crippen LogP contribution in [0.4, 0.5) is 4.39 Å². The Bertz CT molecular complexity index is 795. The molecule has 0 saturated carbocycles. The normalized spacial score (nSPS) is 15.2. The lowest BCUT2D eigenvalue weighted by atomic mass is 9.92. The number of aryl methyl sites for hydroxylation is 1. The van der Waals surface area contributed by atoms with Crippen LogP contribution in [0.15, 0.2) is 24.4 Å². The van der Waals surface area contributed by atoms with Gasteiger partial charge in [0.1, 0.15) is 5.82 Å². The van der Waals surface area contributed by atoms with Gasteiger partial charge in [0.2, 0.25) is 0 Å². The molecule has 2 heterocycles. The Kier molecular flexibility index (Phi) is 6.14. The number of benzene rings is 1. The Balaban J connectivity index is 1.59. The van der Waals surface area contributed by atoms with Crippen LogP contribution in [0.1, 0.15) is 48.1 Å². The van der Waals surface area contributed by atoms with E-state index in [0.717, 1.165) is 38.1 Å². The molecule has 0 aliphatic carbocycles. The number of halogens is 1. The number of aromatic nitrogens is 2. The summed E-state index contributed by atoms with van der Waals surface area (Å²) in [5.74, 6) is 1.22. The number of hydrogen-bond acceptors (Lipinski definition) is 3. The van der Waals surface area contributed by atoms with Crippen molar-refractivity contribution >= 4 is 5.91 Å². The van der Waals surface area contributed by atoms with E-state index >= 15 is 0 Å². The highest BCUT2D eigenvalue weighted by Gasteiger charge is 2.25. The topological polar surface area (TPSA) is 47.4 Å². The van der Waals surface area contributed by atoms with Crippen LogP contribution in [0.3, 0.4) is 0 Å². The van der Waals surface area contributed by atoms with Gasteiger partial charge in [-0.2, -0.15) is 0 Å². The quantitative estimate of drug-likeness (QED) is 0.773. The number of carbonyl (C=O) groups excluding carboxylic acids is 1. The molecule has 1 saturated heterocycles. The van der Waals surface area contributed by atoms with E-state index in [9.17, 15) is 9.18 Å². The number of ether oxygens (including phenoxy) is 1. The second kappa shape index (κ2) is 8.55. The summed E-state index contributed by atoms with van der Waals surface area (Å²) in [5.41, 5.74) is 1.59. The second-order valence-corrected chi connectivity index (χ2v) is 7.26. The van der Waals surface area contributed by atoms with Crippen molar-refractivity contribution in [3.8, 4) is 5.75 Å². The van der Waals surface area contributed by atoms with Crippen molar-refractivity contribution in [3.63, 3.8) is 0 Å². The SMILES string of the molecule is CCCn1c(C)cnc1CC1CCN(C(=O)c2ccc(OC)c(F)c2)CC1. The summed E-state index contributed by atoms with van der Waals surface area (Å²) in [4.78, 5) is 19.1. The molecule has 1 aliphatic rings. The number of hydrogen-bond donors (Lipinski definition) is 0. The van der Waals surface area contributed by atoms with Crippen molar-refractivity contribution in [2.24, 2.45) is 5.92 Å². The van der Waals surface area contributed by atoms with Gasteiger partial charge in [-0.1, -0.05) is 6.92 Å². The molecule has 5 nitrogen and oxygen atoms in total. The lowest BCUT2D eigenvalue weighted by molar-refractivity contribution is 0.0689. The zero-order valence-corrected chi connectivity index (χ0v) is 16.4. The molecule has 1 aromatic heterocycles.